The SMILES string of the molecule is CCNC(=NCCC(=O)Nc1cccc(Cl)c1C)NC1CC1C.I. The Morgan fingerprint density at radius 2 is 2.12 bits per heavy atom. The molecule has 134 valence electrons. The van der Waals surface area contributed by atoms with E-state index in [1.807, 2.05) is 32.0 Å². The molecule has 1 aliphatic rings. The summed E-state index contributed by atoms with van der Waals surface area (Å²) in [6.45, 7) is 7.38. The summed E-state index contributed by atoms with van der Waals surface area (Å²) in [6.07, 6.45) is 1.52. The molecule has 1 aliphatic carbocycles. The van der Waals surface area contributed by atoms with E-state index < -0.39 is 0 Å². The van der Waals surface area contributed by atoms with Crippen LogP contribution in [0.1, 0.15) is 32.3 Å². The van der Waals surface area contributed by atoms with Gasteiger partial charge in [-0.1, -0.05) is 24.6 Å². The van der Waals surface area contributed by atoms with E-state index >= 15 is 0 Å². The summed E-state index contributed by atoms with van der Waals surface area (Å²) in [4.78, 5) is 16.5. The van der Waals surface area contributed by atoms with E-state index in [1.54, 1.807) is 0 Å². The molecule has 1 aromatic carbocycles. The Balaban J connectivity index is 0.00000288. The predicted octanol–water partition coefficient (Wildman–Crippen LogP) is 3.56. The van der Waals surface area contributed by atoms with Gasteiger partial charge in [0.05, 0.1) is 6.54 Å². The average Bonchev–Trinajstić information content (AvgIpc) is 3.19. The lowest BCUT2D eigenvalue weighted by Gasteiger charge is -2.11. The summed E-state index contributed by atoms with van der Waals surface area (Å²) in [6, 6.07) is 6.00. The molecule has 1 amide bonds. The molecule has 0 radical (unpaired) electrons. The number of rotatable bonds is 6. The number of hydrogen-bond acceptors (Lipinski definition) is 2. The average molecular weight is 465 g/mol. The molecule has 24 heavy (non-hydrogen) atoms. The molecule has 3 N–H and O–H groups in total. The normalized spacial score (nSPS) is 19.2. The van der Waals surface area contributed by atoms with E-state index in [-0.39, 0.29) is 29.9 Å². The number of anilines is 1. The number of hydrogen-bond donors (Lipinski definition) is 3. The van der Waals surface area contributed by atoms with Crippen molar-refractivity contribution in [3.05, 3.63) is 28.8 Å². The smallest absolute Gasteiger partial charge is 0.226 e. The second-order valence-electron chi connectivity index (χ2n) is 5.94. The summed E-state index contributed by atoms with van der Waals surface area (Å²) in [5.74, 6) is 1.43. The van der Waals surface area contributed by atoms with Gasteiger partial charge in [-0.25, -0.2) is 0 Å². The van der Waals surface area contributed by atoms with Gasteiger partial charge in [-0.3, -0.25) is 9.79 Å². The van der Waals surface area contributed by atoms with Gasteiger partial charge in [0.25, 0.3) is 0 Å². The standard InChI is InChI=1S/C17H25ClN4O.HI/c1-4-19-17(22-15-10-11(15)2)20-9-8-16(23)21-14-7-5-6-13(18)12(14)3;/h5-7,11,15H,4,8-10H2,1-3H3,(H,21,23)(H2,19,20,22);1H. The van der Waals surface area contributed by atoms with Crippen molar-refractivity contribution in [2.24, 2.45) is 10.9 Å². The minimum absolute atomic E-state index is 0. The van der Waals surface area contributed by atoms with Gasteiger partial charge < -0.3 is 16.0 Å². The zero-order valence-corrected chi connectivity index (χ0v) is 17.4. The maximum atomic E-state index is 12.0. The van der Waals surface area contributed by atoms with Crippen LogP contribution in [0.5, 0.6) is 0 Å². The highest BCUT2D eigenvalue weighted by atomic mass is 127. The fourth-order valence-corrected chi connectivity index (χ4v) is 2.42. The first-order chi connectivity index (χ1) is 11.0. The number of carbonyl (C=O) groups excluding carboxylic acids is 1. The van der Waals surface area contributed by atoms with Crippen molar-refractivity contribution in [1.82, 2.24) is 10.6 Å². The minimum Gasteiger partial charge on any atom is -0.357 e. The molecule has 2 atom stereocenters. The maximum Gasteiger partial charge on any atom is 0.226 e. The van der Waals surface area contributed by atoms with E-state index in [0.717, 1.165) is 23.8 Å². The Labute approximate surface area is 166 Å². The van der Waals surface area contributed by atoms with Gasteiger partial charge in [-0.05, 0) is 43.9 Å². The molecule has 0 aromatic heterocycles. The second kappa shape index (κ2) is 10.1. The minimum atomic E-state index is -0.0604. The molecule has 0 spiro atoms. The highest BCUT2D eigenvalue weighted by molar-refractivity contribution is 14.0. The summed E-state index contributed by atoms with van der Waals surface area (Å²) < 4.78 is 0. The molecule has 2 unspecified atom stereocenters. The van der Waals surface area contributed by atoms with E-state index in [1.165, 1.54) is 6.42 Å². The monoisotopic (exact) mass is 464 g/mol. The van der Waals surface area contributed by atoms with Gasteiger partial charge in [0.1, 0.15) is 0 Å². The summed E-state index contributed by atoms with van der Waals surface area (Å²) in [7, 11) is 0. The lowest BCUT2D eigenvalue weighted by atomic mass is 10.2. The van der Waals surface area contributed by atoms with Gasteiger partial charge in [-0.2, -0.15) is 0 Å². The van der Waals surface area contributed by atoms with Crippen LogP contribution in [0.25, 0.3) is 0 Å². The fraction of sp³-hybridized carbons (Fsp3) is 0.529. The number of carbonyl (C=O) groups is 1. The molecule has 5 nitrogen and oxygen atoms in total. The van der Waals surface area contributed by atoms with Gasteiger partial charge in [-0.15, -0.1) is 24.0 Å². The van der Waals surface area contributed by atoms with Crippen molar-refractivity contribution in [3.8, 4) is 0 Å². The zero-order chi connectivity index (χ0) is 16.8. The van der Waals surface area contributed by atoms with Crippen molar-refractivity contribution >= 4 is 53.1 Å². The number of benzene rings is 1. The van der Waals surface area contributed by atoms with Gasteiger partial charge in [0, 0.05) is 29.7 Å². The molecule has 1 saturated carbocycles. The van der Waals surface area contributed by atoms with Crippen LogP contribution in [-0.4, -0.2) is 31.0 Å². The molecular formula is C17H26ClIN4O. The lowest BCUT2D eigenvalue weighted by molar-refractivity contribution is -0.116. The molecule has 1 aromatic rings. The van der Waals surface area contributed by atoms with E-state index in [0.29, 0.717) is 29.9 Å². The summed E-state index contributed by atoms with van der Waals surface area (Å²) in [5, 5.41) is 10.1. The van der Waals surface area contributed by atoms with Gasteiger partial charge in [0.15, 0.2) is 5.96 Å². The van der Waals surface area contributed by atoms with Crippen LogP contribution in [0, 0.1) is 12.8 Å². The van der Waals surface area contributed by atoms with Crippen molar-refractivity contribution in [1.29, 1.82) is 0 Å². The van der Waals surface area contributed by atoms with E-state index in [9.17, 15) is 4.79 Å². The molecule has 2 rings (SSSR count). The van der Waals surface area contributed by atoms with Crippen molar-refractivity contribution in [2.75, 3.05) is 18.4 Å². The Morgan fingerprint density at radius 3 is 2.75 bits per heavy atom. The third kappa shape index (κ3) is 6.47. The molecule has 0 saturated heterocycles. The molecule has 0 bridgehead atoms. The van der Waals surface area contributed by atoms with Crippen molar-refractivity contribution in [2.45, 2.75) is 39.7 Å². The first-order valence-corrected chi connectivity index (χ1v) is 8.48. The Kier molecular flexibility index (Phi) is 8.83. The molecule has 0 heterocycles. The van der Waals surface area contributed by atoms with Crippen LogP contribution in [-0.2, 0) is 4.79 Å². The van der Waals surface area contributed by atoms with Crippen LogP contribution in [0.3, 0.4) is 0 Å². The number of nitrogens with zero attached hydrogens (tertiary/aromatic N) is 1. The highest BCUT2D eigenvalue weighted by Crippen LogP contribution is 2.28. The molecule has 7 heteroatoms. The first-order valence-electron chi connectivity index (χ1n) is 8.11. The van der Waals surface area contributed by atoms with Gasteiger partial charge in [0.2, 0.25) is 5.91 Å². The number of aliphatic imine (C=N–C) groups is 1. The third-order valence-corrected chi connectivity index (χ3v) is 4.34. The van der Waals surface area contributed by atoms with Crippen LogP contribution in [0.4, 0.5) is 5.69 Å². The van der Waals surface area contributed by atoms with Crippen LogP contribution >= 0.6 is 35.6 Å². The number of halogens is 2. The quantitative estimate of drug-likeness (QED) is 0.343. The van der Waals surface area contributed by atoms with Gasteiger partial charge >= 0.3 is 0 Å². The van der Waals surface area contributed by atoms with Crippen molar-refractivity contribution < 1.29 is 4.79 Å². The predicted molar refractivity (Wildman–Crippen MR) is 112 cm³/mol. The Hall–Kier alpha value is -1.02. The van der Waals surface area contributed by atoms with Crippen molar-refractivity contribution in [3.63, 3.8) is 0 Å². The van der Waals surface area contributed by atoms with E-state index in [4.69, 9.17) is 11.6 Å². The van der Waals surface area contributed by atoms with Crippen LogP contribution in [0.2, 0.25) is 5.02 Å². The summed E-state index contributed by atoms with van der Waals surface area (Å²) >= 11 is 6.05. The van der Waals surface area contributed by atoms with Crippen LogP contribution in [0.15, 0.2) is 23.2 Å². The highest BCUT2D eigenvalue weighted by Gasteiger charge is 2.33. The Bertz CT molecular complexity index is 594. The summed E-state index contributed by atoms with van der Waals surface area (Å²) in [5.41, 5.74) is 1.63. The second-order valence-corrected chi connectivity index (χ2v) is 6.34. The zero-order valence-electron chi connectivity index (χ0n) is 14.4. The fourth-order valence-electron chi connectivity index (χ4n) is 2.24. The lowest BCUT2D eigenvalue weighted by Crippen LogP contribution is -2.39. The third-order valence-electron chi connectivity index (χ3n) is 3.93. The first kappa shape index (κ1) is 21.0. The number of guanidine groups is 1. The Morgan fingerprint density at radius 1 is 1.42 bits per heavy atom. The largest absolute Gasteiger partial charge is 0.357 e. The molecular weight excluding hydrogens is 439 g/mol. The topological polar surface area (TPSA) is 65.5 Å². The number of amides is 1. The molecule has 0 aliphatic heterocycles. The maximum absolute atomic E-state index is 12.0. The molecule has 1 fully saturated rings. The van der Waals surface area contributed by atoms with E-state index in [2.05, 4.69) is 27.9 Å². The van der Waals surface area contributed by atoms with Crippen LogP contribution < -0.4 is 16.0 Å². The number of nitrogens with one attached hydrogen (secondary N) is 3.